The van der Waals surface area contributed by atoms with Crippen LogP contribution in [-0.2, 0) is 17.9 Å². The lowest BCUT2D eigenvalue weighted by atomic mass is 10.1. The van der Waals surface area contributed by atoms with Gasteiger partial charge in [0.05, 0.1) is 17.6 Å². The third-order valence-corrected chi connectivity index (χ3v) is 5.12. The highest BCUT2D eigenvalue weighted by atomic mass is 32.1. The molecular formula is C18H19N3O2S. The first-order valence-corrected chi connectivity index (χ1v) is 8.58. The fourth-order valence-electron chi connectivity index (χ4n) is 2.63. The van der Waals surface area contributed by atoms with E-state index in [1.807, 2.05) is 43.5 Å². The maximum atomic E-state index is 12.5. The van der Waals surface area contributed by atoms with E-state index in [9.17, 15) is 9.59 Å². The zero-order chi connectivity index (χ0) is 17.3. The van der Waals surface area contributed by atoms with E-state index in [1.54, 1.807) is 29.4 Å². The average molecular weight is 341 g/mol. The third-order valence-electron chi connectivity index (χ3n) is 4.11. The van der Waals surface area contributed by atoms with Crippen LogP contribution >= 0.6 is 11.3 Å². The molecule has 3 rings (SSSR count). The summed E-state index contributed by atoms with van der Waals surface area (Å²) in [5.74, 6) is -0.132. The molecule has 2 aromatic heterocycles. The second-order valence-electron chi connectivity index (χ2n) is 5.87. The lowest BCUT2D eigenvalue weighted by molar-refractivity contribution is -0.131. The highest BCUT2D eigenvalue weighted by Crippen LogP contribution is 2.17. The Morgan fingerprint density at radius 1 is 1.21 bits per heavy atom. The number of carbonyl (C=O) groups excluding carboxylic acids is 1. The van der Waals surface area contributed by atoms with Gasteiger partial charge in [-0.05, 0) is 36.9 Å². The summed E-state index contributed by atoms with van der Waals surface area (Å²) in [7, 11) is 1.75. The van der Waals surface area contributed by atoms with Crippen molar-refractivity contribution in [2.45, 2.75) is 26.9 Å². The van der Waals surface area contributed by atoms with E-state index in [4.69, 9.17) is 0 Å². The number of benzene rings is 1. The van der Waals surface area contributed by atoms with Crippen LogP contribution in [-0.4, -0.2) is 27.6 Å². The van der Waals surface area contributed by atoms with E-state index in [0.717, 1.165) is 16.0 Å². The molecule has 0 unspecified atom stereocenters. The second-order valence-corrected chi connectivity index (χ2v) is 6.87. The molecule has 3 aromatic rings. The van der Waals surface area contributed by atoms with Crippen molar-refractivity contribution in [3.63, 3.8) is 0 Å². The Morgan fingerprint density at radius 3 is 2.58 bits per heavy atom. The number of aryl methyl sites for hydroxylation is 2. The van der Waals surface area contributed by atoms with Crippen molar-refractivity contribution in [1.29, 1.82) is 0 Å². The Labute approximate surface area is 144 Å². The van der Waals surface area contributed by atoms with Crippen molar-refractivity contribution in [3.8, 4) is 0 Å². The molecule has 1 aromatic carbocycles. The van der Waals surface area contributed by atoms with Crippen LogP contribution in [0.1, 0.15) is 16.1 Å². The van der Waals surface area contributed by atoms with Crippen molar-refractivity contribution in [3.05, 3.63) is 62.2 Å². The van der Waals surface area contributed by atoms with E-state index in [1.165, 1.54) is 10.2 Å². The number of rotatable bonds is 4. The van der Waals surface area contributed by atoms with Gasteiger partial charge in [0.2, 0.25) is 5.91 Å². The maximum absolute atomic E-state index is 12.5. The minimum absolute atomic E-state index is 0.0502. The Balaban J connectivity index is 1.84. The zero-order valence-electron chi connectivity index (χ0n) is 13.9. The van der Waals surface area contributed by atoms with Crippen molar-refractivity contribution >= 4 is 28.0 Å². The van der Waals surface area contributed by atoms with Gasteiger partial charge < -0.3 is 4.90 Å². The van der Waals surface area contributed by atoms with E-state index < -0.39 is 0 Å². The maximum Gasteiger partial charge on any atom is 0.275 e. The molecule has 0 saturated carbocycles. The SMILES string of the molecule is Cc1ccsc1CN(C)C(=O)Cn1nc(C)c2ccccc2c1=O. The molecule has 0 radical (unpaired) electrons. The van der Waals surface area contributed by atoms with Crippen LogP contribution in [0.3, 0.4) is 0 Å². The molecule has 0 aliphatic carbocycles. The van der Waals surface area contributed by atoms with Crippen LogP contribution in [0.25, 0.3) is 10.8 Å². The Hall–Kier alpha value is -2.47. The predicted molar refractivity (Wildman–Crippen MR) is 96.3 cm³/mol. The molecule has 0 fully saturated rings. The standard InChI is InChI=1S/C18H19N3O2S/c1-12-8-9-24-16(12)10-20(3)17(22)11-21-18(23)15-7-5-4-6-14(15)13(2)19-21/h4-9H,10-11H2,1-3H3. The molecular weight excluding hydrogens is 322 g/mol. The highest BCUT2D eigenvalue weighted by molar-refractivity contribution is 7.10. The number of hydrogen-bond acceptors (Lipinski definition) is 4. The summed E-state index contributed by atoms with van der Waals surface area (Å²) in [6.07, 6.45) is 0. The lowest BCUT2D eigenvalue weighted by Crippen LogP contribution is -2.35. The molecule has 124 valence electrons. The largest absolute Gasteiger partial charge is 0.339 e. The monoisotopic (exact) mass is 341 g/mol. The van der Waals surface area contributed by atoms with Crippen LogP contribution in [0.15, 0.2) is 40.5 Å². The smallest absolute Gasteiger partial charge is 0.275 e. The summed E-state index contributed by atoms with van der Waals surface area (Å²) in [4.78, 5) is 27.8. The van der Waals surface area contributed by atoms with Crippen LogP contribution < -0.4 is 5.56 Å². The molecule has 24 heavy (non-hydrogen) atoms. The quantitative estimate of drug-likeness (QED) is 0.733. The Kier molecular flexibility index (Phi) is 4.49. The van der Waals surface area contributed by atoms with Crippen LogP contribution in [0.2, 0.25) is 0 Å². The first kappa shape index (κ1) is 16.4. The first-order valence-electron chi connectivity index (χ1n) is 7.71. The average Bonchev–Trinajstić information content (AvgIpc) is 2.97. The van der Waals surface area contributed by atoms with Gasteiger partial charge in [-0.15, -0.1) is 11.3 Å². The highest BCUT2D eigenvalue weighted by Gasteiger charge is 2.15. The number of nitrogens with zero attached hydrogens (tertiary/aromatic N) is 3. The van der Waals surface area contributed by atoms with Gasteiger partial charge in [-0.1, -0.05) is 18.2 Å². The second kappa shape index (κ2) is 6.57. The lowest BCUT2D eigenvalue weighted by Gasteiger charge is -2.17. The fourth-order valence-corrected chi connectivity index (χ4v) is 3.59. The topological polar surface area (TPSA) is 55.2 Å². The molecule has 2 heterocycles. The summed E-state index contributed by atoms with van der Waals surface area (Å²) in [6, 6.07) is 9.38. The minimum atomic E-state index is -0.231. The number of fused-ring (bicyclic) bond motifs is 1. The molecule has 6 heteroatoms. The molecule has 5 nitrogen and oxygen atoms in total. The predicted octanol–water partition coefficient (Wildman–Crippen LogP) is 2.73. The summed E-state index contributed by atoms with van der Waals surface area (Å²) >= 11 is 1.63. The number of carbonyl (C=O) groups is 1. The molecule has 1 amide bonds. The molecule has 0 aliphatic heterocycles. The van der Waals surface area contributed by atoms with E-state index in [-0.39, 0.29) is 18.0 Å². The number of aromatic nitrogens is 2. The van der Waals surface area contributed by atoms with Gasteiger partial charge in [0.25, 0.3) is 5.56 Å². The van der Waals surface area contributed by atoms with E-state index >= 15 is 0 Å². The molecule has 0 atom stereocenters. The molecule has 0 bridgehead atoms. The number of amides is 1. The van der Waals surface area contributed by atoms with Gasteiger partial charge in [-0.25, -0.2) is 4.68 Å². The fraction of sp³-hybridized carbons (Fsp3) is 0.278. The van der Waals surface area contributed by atoms with Crippen molar-refractivity contribution in [2.24, 2.45) is 0 Å². The van der Waals surface area contributed by atoms with Gasteiger partial charge in [0, 0.05) is 17.3 Å². The summed E-state index contributed by atoms with van der Waals surface area (Å²) in [6.45, 7) is 4.37. The van der Waals surface area contributed by atoms with Crippen molar-refractivity contribution in [2.75, 3.05) is 7.05 Å². The van der Waals surface area contributed by atoms with E-state index in [2.05, 4.69) is 5.10 Å². The van der Waals surface area contributed by atoms with Gasteiger partial charge in [-0.2, -0.15) is 5.10 Å². The normalized spacial score (nSPS) is 11.0. The van der Waals surface area contributed by atoms with Gasteiger partial charge in [0.1, 0.15) is 6.54 Å². The Bertz CT molecular complexity index is 958. The van der Waals surface area contributed by atoms with Crippen LogP contribution in [0.5, 0.6) is 0 Å². The Morgan fingerprint density at radius 2 is 1.92 bits per heavy atom. The van der Waals surface area contributed by atoms with E-state index in [0.29, 0.717) is 11.9 Å². The van der Waals surface area contributed by atoms with Crippen molar-refractivity contribution in [1.82, 2.24) is 14.7 Å². The van der Waals surface area contributed by atoms with Crippen LogP contribution in [0, 0.1) is 13.8 Å². The summed E-state index contributed by atoms with van der Waals surface area (Å²) in [5.41, 5.74) is 1.69. The van der Waals surface area contributed by atoms with Gasteiger partial charge in [0.15, 0.2) is 0 Å². The molecule has 0 spiro atoms. The third kappa shape index (κ3) is 3.10. The van der Waals surface area contributed by atoms with Crippen LogP contribution in [0.4, 0.5) is 0 Å². The molecule has 0 saturated heterocycles. The summed E-state index contributed by atoms with van der Waals surface area (Å²) in [5, 5.41) is 7.73. The number of thiophene rings is 1. The molecule has 0 aliphatic rings. The van der Waals surface area contributed by atoms with Gasteiger partial charge in [-0.3, -0.25) is 9.59 Å². The van der Waals surface area contributed by atoms with Crippen molar-refractivity contribution < 1.29 is 4.79 Å². The number of likely N-dealkylation sites (N-methyl/N-ethyl adjacent to an activating group) is 1. The summed E-state index contributed by atoms with van der Waals surface area (Å²) < 4.78 is 1.26. The number of hydrogen-bond donors (Lipinski definition) is 0. The minimum Gasteiger partial charge on any atom is -0.339 e. The molecule has 0 N–H and O–H groups in total. The first-order chi connectivity index (χ1) is 11.5. The van der Waals surface area contributed by atoms with Gasteiger partial charge >= 0.3 is 0 Å². The zero-order valence-corrected chi connectivity index (χ0v) is 14.8.